The van der Waals surface area contributed by atoms with E-state index in [9.17, 15) is 9.90 Å². The van der Waals surface area contributed by atoms with E-state index in [-0.39, 0.29) is 18.6 Å². The largest absolute Gasteiger partial charge is 0.394 e. The molecule has 148 valence electrons. The zero-order valence-electron chi connectivity index (χ0n) is 16.6. The number of aliphatic hydroxyl groups excluding tert-OH is 1. The third-order valence-electron chi connectivity index (χ3n) is 5.85. The van der Waals surface area contributed by atoms with Gasteiger partial charge in [0.25, 0.3) is 5.91 Å². The van der Waals surface area contributed by atoms with Crippen LogP contribution in [-0.4, -0.2) is 49.4 Å². The molecule has 3 aromatic rings. The quantitative estimate of drug-likeness (QED) is 0.702. The highest BCUT2D eigenvalue weighted by molar-refractivity contribution is 7.13. The molecule has 0 spiro atoms. The highest BCUT2D eigenvalue weighted by Crippen LogP contribution is 2.36. The van der Waals surface area contributed by atoms with Gasteiger partial charge in [0.05, 0.1) is 39.9 Å². The summed E-state index contributed by atoms with van der Waals surface area (Å²) < 4.78 is 1.87. The van der Waals surface area contributed by atoms with Crippen LogP contribution >= 0.6 is 11.3 Å². The molecule has 28 heavy (non-hydrogen) atoms. The number of carbonyl (C=O) groups excluding carboxylic acids is 1. The predicted octanol–water partition coefficient (Wildman–Crippen LogP) is 4.12. The number of nitrogens with zero attached hydrogens (tertiary/aromatic N) is 4. The number of hydrogen-bond donors (Lipinski definition) is 1. The summed E-state index contributed by atoms with van der Waals surface area (Å²) in [6.07, 6.45) is 4.24. The second-order valence-electron chi connectivity index (χ2n) is 7.75. The molecule has 0 radical (unpaired) electrons. The van der Waals surface area contributed by atoms with Crippen molar-refractivity contribution in [2.45, 2.75) is 51.6 Å². The van der Waals surface area contributed by atoms with E-state index in [0.29, 0.717) is 12.1 Å². The Balaban J connectivity index is 1.89. The fourth-order valence-corrected chi connectivity index (χ4v) is 4.85. The van der Waals surface area contributed by atoms with Gasteiger partial charge in [-0.25, -0.2) is 9.67 Å². The van der Waals surface area contributed by atoms with Crippen molar-refractivity contribution in [3.8, 4) is 10.6 Å². The topological polar surface area (TPSA) is 71.2 Å². The summed E-state index contributed by atoms with van der Waals surface area (Å²) in [4.78, 5) is 21.4. The SMILES string of the molecule is CCC1(CO)CCCN1C(=O)c1cc(-c2cccs2)nc2c1cnn2C(C)C. The second-order valence-corrected chi connectivity index (χ2v) is 8.70. The van der Waals surface area contributed by atoms with Crippen LogP contribution in [0, 0.1) is 0 Å². The zero-order valence-corrected chi connectivity index (χ0v) is 17.4. The minimum Gasteiger partial charge on any atom is -0.394 e. The number of pyridine rings is 1. The Morgan fingerprint density at radius 1 is 1.43 bits per heavy atom. The molecular weight excluding hydrogens is 372 g/mol. The van der Waals surface area contributed by atoms with Gasteiger partial charge < -0.3 is 10.0 Å². The molecule has 4 heterocycles. The molecule has 1 aliphatic heterocycles. The van der Waals surface area contributed by atoms with E-state index in [1.165, 1.54) is 0 Å². The normalized spacial score (nSPS) is 19.8. The van der Waals surface area contributed by atoms with Gasteiger partial charge in [-0.3, -0.25) is 4.79 Å². The molecule has 1 amide bonds. The number of thiophene rings is 1. The monoisotopic (exact) mass is 398 g/mol. The number of hydrogen-bond acceptors (Lipinski definition) is 5. The van der Waals surface area contributed by atoms with E-state index in [0.717, 1.165) is 40.9 Å². The Bertz CT molecular complexity index is 989. The molecule has 1 atom stereocenters. The first-order valence-electron chi connectivity index (χ1n) is 9.85. The predicted molar refractivity (Wildman–Crippen MR) is 112 cm³/mol. The third-order valence-corrected chi connectivity index (χ3v) is 6.75. The van der Waals surface area contributed by atoms with Crippen molar-refractivity contribution in [1.29, 1.82) is 0 Å². The Kier molecular flexibility index (Phi) is 4.97. The lowest BCUT2D eigenvalue weighted by atomic mass is 9.93. The van der Waals surface area contributed by atoms with Crippen LogP contribution in [-0.2, 0) is 0 Å². The Labute approximate surface area is 168 Å². The van der Waals surface area contributed by atoms with Crippen LogP contribution in [0.2, 0.25) is 0 Å². The Morgan fingerprint density at radius 3 is 2.89 bits per heavy atom. The summed E-state index contributed by atoms with van der Waals surface area (Å²) in [6, 6.07) is 6.04. The van der Waals surface area contributed by atoms with Gasteiger partial charge in [0.15, 0.2) is 5.65 Å². The van der Waals surface area contributed by atoms with Gasteiger partial charge in [-0.15, -0.1) is 11.3 Å². The van der Waals surface area contributed by atoms with Crippen molar-refractivity contribution in [3.63, 3.8) is 0 Å². The molecule has 1 aliphatic rings. The molecule has 1 saturated heterocycles. The molecule has 1 fully saturated rings. The molecule has 0 bridgehead atoms. The second kappa shape index (κ2) is 7.29. The Hall–Kier alpha value is -2.25. The maximum atomic E-state index is 13.6. The number of likely N-dealkylation sites (tertiary alicyclic amines) is 1. The van der Waals surface area contributed by atoms with Crippen molar-refractivity contribution in [3.05, 3.63) is 35.3 Å². The standard InChI is InChI=1S/C21H26N4O2S/c1-4-21(13-26)8-6-9-24(21)20(27)15-11-17(18-7-5-10-28-18)23-19-16(15)12-22-25(19)14(2)3/h5,7,10-12,14,26H,4,6,8-9,13H2,1-3H3. The fraction of sp³-hybridized carbons (Fsp3) is 0.476. The summed E-state index contributed by atoms with van der Waals surface area (Å²) in [7, 11) is 0. The lowest BCUT2D eigenvalue weighted by molar-refractivity contribution is 0.0399. The van der Waals surface area contributed by atoms with Crippen LogP contribution in [0.5, 0.6) is 0 Å². The minimum absolute atomic E-state index is 0.00744. The number of aliphatic hydroxyl groups is 1. The van der Waals surface area contributed by atoms with Crippen molar-refractivity contribution in [2.75, 3.05) is 13.2 Å². The van der Waals surface area contributed by atoms with Crippen LogP contribution in [0.1, 0.15) is 56.4 Å². The highest BCUT2D eigenvalue weighted by Gasteiger charge is 2.42. The van der Waals surface area contributed by atoms with Crippen LogP contribution in [0.3, 0.4) is 0 Å². The van der Waals surface area contributed by atoms with Gasteiger partial charge in [0.2, 0.25) is 0 Å². The van der Waals surface area contributed by atoms with E-state index >= 15 is 0 Å². The van der Waals surface area contributed by atoms with Gasteiger partial charge in [-0.05, 0) is 50.6 Å². The minimum atomic E-state index is -0.468. The number of fused-ring (bicyclic) bond motifs is 1. The molecular formula is C21H26N4O2S. The first kappa shape index (κ1) is 19.1. The lowest BCUT2D eigenvalue weighted by Gasteiger charge is -2.36. The van der Waals surface area contributed by atoms with Crippen LogP contribution in [0.4, 0.5) is 0 Å². The summed E-state index contributed by atoms with van der Waals surface area (Å²) in [5, 5.41) is 17.3. The fourth-order valence-electron chi connectivity index (χ4n) is 4.17. The average molecular weight is 399 g/mol. The van der Waals surface area contributed by atoms with Gasteiger partial charge in [-0.2, -0.15) is 5.10 Å². The average Bonchev–Trinajstić information content (AvgIpc) is 3.45. The lowest BCUT2D eigenvalue weighted by Crippen LogP contribution is -2.49. The number of amides is 1. The number of aromatic nitrogens is 3. The van der Waals surface area contributed by atoms with E-state index in [2.05, 4.69) is 18.9 Å². The first-order chi connectivity index (χ1) is 13.5. The smallest absolute Gasteiger partial charge is 0.255 e. The molecule has 0 saturated carbocycles. The highest BCUT2D eigenvalue weighted by atomic mass is 32.1. The van der Waals surface area contributed by atoms with Gasteiger partial charge in [0.1, 0.15) is 0 Å². The van der Waals surface area contributed by atoms with Crippen molar-refractivity contribution in [1.82, 2.24) is 19.7 Å². The van der Waals surface area contributed by atoms with Gasteiger partial charge in [0, 0.05) is 12.6 Å². The number of rotatable bonds is 5. The zero-order chi connectivity index (χ0) is 19.9. The van der Waals surface area contributed by atoms with Crippen molar-refractivity contribution >= 4 is 28.3 Å². The van der Waals surface area contributed by atoms with Gasteiger partial charge >= 0.3 is 0 Å². The van der Waals surface area contributed by atoms with Crippen LogP contribution < -0.4 is 0 Å². The van der Waals surface area contributed by atoms with E-state index in [1.807, 2.05) is 40.1 Å². The maximum absolute atomic E-state index is 13.6. The van der Waals surface area contributed by atoms with E-state index in [4.69, 9.17) is 4.98 Å². The molecule has 7 heteroatoms. The third kappa shape index (κ3) is 2.93. The van der Waals surface area contributed by atoms with Gasteiger partial charge in [-0.1, -0.05) is 13.0 Å². The van der Waals surface area contributed by atoms with E-state index in [1.54, 1.807) is 17.5 Å². The molecule has 1 N–H and O–H groups in total. The number of carbonyl (C=O) groups is 1. The summed E-state index contributed by atoms with van der Waals surface area (Å²) in [5.41, 5.74) is 1.67. The molecule has 4 rings (SSSR count). The van der Waals surface area contributed by atoms with E-state index < -0.39 is 5.54 Å². The summed E-state index contributed by atoms with van der Waals surface area (Å²) in [6.45, 7) is 6.82. The van der Waals surface area contributed by atoms with Crippen LogP contribution in [0.15, 0.2) is 29.8 Å². The first-order valence-corrected chi connectivity index (χ1v) is 10.7. The van der Waals surface area contributed by atoms with Crippen LogP contribution in [0.25, 0.3) is 21.6 Å². The summed E-state index contributed by atoms with van der Waals surface area (Å²) in [5.74, 6) is -0.0399. The maximum Gasteiger partial charge on any atom is 0.255 e. The summed E-state index contributed by atoms with van der Waals surface area (Å²) >= 11 is 1.61. The Morgan fingerprint density at radius 2 is 2.25 bits per heavy atom. The molecule has 0 aromatic carbocycles. The molecule has 1 unspecified atom stereocenters. The van der Waals surface area contributed by atoms with Crippen molar-refractivity contribution < 1.29 is 9.90 Å². The molecule has 6 nitrogen and oxygen atoms in total. The molecule has 3 aromatic heterocycles. The van der Waals surface area contributed by atoms with Crippen molar-refractivity contribution in [2.24, 2.45) is 0 Å². The molecule has 0 aliphatic carbocycles.